The van der Waals surface area contributed by atoms with Crippen molar-refractivity contribution in [2.75, 3.05) is 20.3 Å². The largest absolute Gasteiger partial charge is 0.493 e. The number of methoxy groups -OCH3 is 1. The van der Waals surface area contributed by atoms with Crippen LogP contribution in [0.2, 0.25) is 0 Å². The first-order chi connectivity index (χ1) is 13.9. The van der Waals surface area contributed by atoms with E-state index in [9.17, 15) is 18.4 Å². The van der Waals surface area contributed by atoms with Gasteiger partial charge in [0.15, 0.2) is 24.7 Å². The summed E-state index contributed by atoms with van der Waals surface area (Å²) in [5.74, 6) is -0.654. The van der Waals surface area contributed by atoms with E-state index in [-0.39, 0.29) is 24.7 Å². The maximum absolute atomic E-state index is 12.3. The number of nitrogens with one attached hydrogen (secondary N) is 1. The fourth-order valence-electron chi connectivity index (χ4n) is 2.31. The van der Waals surface area contributed by atoms with Gasteiger partial charge in [-0.05, 0) is 36.2 Å². The second-order valence-corrected chi connectivity index (χ2v) is 5.86. The standard InChI is InChI=1S/C20H21F2NO6/c1-13-5-3-4-6-15(13)27-12-19(25)28-11-18(24)23-10-14-7-8-16(29-20(21)22)17(9-14)26-2/h3-9,20H,10-12H2,1-2H3,(H,23,24). The summed E-state index contributed by atoms with van der Waals surface area (Å²) < 4.78 is 44.2. The predicted molar refractivity (Wildman–Crippen MR) is 99.1 cm³/mol. The lowest BCUT2D eigenvalue weighted by Crippen LogP contribution is -2.29. The number of carbonyl (C=O) groups is 2. The number of para-hydroxylation sites is 1. The summed E-state index contributed by atoms with van der Waals surface area (Å²) in [6.45, 7) is -1.84. The molecule has 0 atom stereocenters. The van der Waals surface area contributed by atoms with Crippen LogP contribution in [0.15, 0.2) is 42.5 Å². The zero-order valence-corrected chi connectivity index (χ0v) is 15.9. The quantitative estimate of drug-likeness (QED) is 0.608. The normalized spacial score (nSPS) is 10.4. The first-order valence-corrected chi connectivity index (χ1v) is 8.61. The molecule has 9 heteroatoms. The molecule has 156 valence electrons. The zero-order chi connectivity index (χ0) is 21.2. The number of benzene rings is 2. The van der Waals surface area contributed by atoms with E-state index in [2.05, 4.69) is 10.1 Å². The van der Waals surface area contributed by atoms with Crippen LogP contribution in [0.4, 0.5) is 8.78 Å². The molecule has 0 heterocycles. The van der Waals surface area contributed by atoms with Crippen molar-refractivity contribution in [3.63, 3.8) is 0 Å². The Bertz CT molecular complexity index is 843. The molecule has 0 saturated carbocycles. The van der Waals surface area contributed by atoms with Crippen LogP contribution < -0.4 is 19.5 Å². The maximum atomic E-state index is 12.3. The van der Waals surface area contributed by atoms with E-state index in [4.69, 9.17) is 14.2 Å². The van der Waals surface area contributed by atoms with Crippen molar-refractivity contribution >= 4 is 11.9 Å². The summed E-state index contributed by atoms with van der Waals surface area (Å²) in [4.78, 5) is 23.5. The Hall–Kier alpha value is -3.36. The second kappa shape index (κ2) is 10.8. The molecule has 1 N–H and O–H groups in total. The number of hydrogen-bond donors (Lipinski definition) is 1. The van der Waals surface area contributed by atoms with Crippen LogP contribution in [0, 0.1) is 6.92 Å². The Balaban J connectivity index is 1.75. The maximum Gasteiger partial charge on any atom is 0.387 e. The number of carbonyl (C=O) groups excluding carboxylic acids is 2. The highest BCUT2D eigenvalue weighted by Crippen LogP contribution is 2.29. The lowest BCUT2D eigenvalue weighted by Gasteiger charge is -2.12. The molecule has 2 aromatic carbocycles. The molecular weight excluding hydrogens is 388 g/mol. The molecule has 0 aliphatic carbocycles. The molecule has 0 fully saturated rings. The van der Waals surface area contributed by atoms with Crippen molar-refractivity contribution < 1.29 is 37.3 Å². The van der Waals surface area contributed by atoms with E-state index in [1.807, 2.05) is 19.1 Å². The third-order valence-corrected chi connectivity index (χ3v) is 3.74. The zero-order valence-electron chi connectivity index (χ0n) is 15.9. The topological polar surface area (TPSA) is 83.1 Å². The van der Waals surface area contributed by atoms with Gasteiger partial charge in [0.05, 0.1) is 7.11 Å². The van der Waals surface area contributed by atoms with Crippen LogP contribution in [0.1, 0.15) is 11.1 Å². The smallest absolute Gasteiger partial charge is 0.387 e. The molecule has 0 spiro atoms. The number of aryl methyl sites for hydroxylation is 1. The number of esters is 1. The Morgan fingerprint density at radius 1 is 1.03 bits per heavy atom. The highest BCUT2D eigenvalue weighted by molar-refractivity contribution is 5.80. The van der Waals surface area contributed by atoms with Crippen LogP contribution in [0.5, 0.6) is 17.2 Å². The Labute approximate surface area is 166 Å². The van der Waals surface area contributed by atoms with Crippen LogP contribution in [-0.4, -0.2) is 38.8 Å². The van der Waals surface area contributed by atoms with E-state index in [0.29, 0.717) is 11.3 Å². The summed E-state index contributed by atoms with van der Waals surface area (Å²) in [6, 6.07) is 11.5. The van der Waals surface area contributed by atoms with Gasteiger partial charge < -0.3 is 24.3 Å². The van der Waals surface area contributed by atoms with Crippen LogP contribution in [0.25, 0.3) is 0 Å². The van der Waals surface area contributed by atoms with E-state index in [0.717, 1.165) is 5.56 Å². The molecule has 0 aliphatic heterocycles. The van der Waals surface area contributed by atoms with E-state index in [1.54, 1.807) is 12.1 Å². The lowest BCUT2D eigenvalue weighted by atomic mass is 10.2. The highest BCUT2D eigenvalue weighted by Gasteiger charge is 2.12. The first kappa shape index (κ1) is 21.9. The minimum atomic E-state index is -2.97. The van der Waals surface area contributed by atoms with Crippen molar-refractivity contribution in [3.05, 3.63) is 53.6 Å². The Morgan fingerprint density at radius 3 is 2.48 bits per heavy atom. The molecule has 1 amide bonds. The average molecular weight is 409 g/mol. The van der Waals surface area contributed by atoms with Crippen molar-refractivity contribution in [2.45, 2.75) is 20.1 Å². The van der Waals surface area contributed by atoms with Crippen LogP contribution in [0.3, 0.4) is 0 Å². The highest BCUT2D eigenvalue weighted by atomic mass is 19.3. The monoisotopic (exact) mass is 409 g/mol. The van der Waals surface area contributed by atoms with Crippen molar-refractivity contribution in [1.82, 2.24) is 5.32 Å². The number of halogens is 2. The van der Waals surface area contributed by atoms with E-state index < -0.39 is 25.1 Å². The number of alkyl halides is 2. The van der Waals surface area contributed by atoms with Gasteiger partial charge in [0.25, 0.3) is 5.91 Å². The second-order valence-electron chi connectivity index (χ2n) is 5.86. The van der Waals surface area contributed by atoms with Gasteiger partial charge in [0.2, 0.25) is 0 Å². The lowest BCUT2D eigenvalue weighted by molar-refractivity contribution is -0.150. The number of amides is 1. The summed E-state index contributed by atoms with van der Waals surface area (Å²) in [5, 5.41) is 2.55. The summed E-state index contributed by atoms with van der Waals surface area (Å²) >= 11 is 0. The Morgan fingerprint density at radius 2 is 1.79 bits per heavy atom. The van der Waals surface area contributed by atoms with Gasteiger partial charge in [0, 0.05) is 6.54 Å². The first-order valence-electron chi connectivity index (χ1n) is 8.61. The summed E-state index contributed by atoms with van der Waals surface area (Å²) in [7, 11) is 1.31. The Kier molecular flexibility index (Phi) is 8.20. The molecule has 7 nitrogen and oxygen atoms in total. The molecule has 0 bridgehead atoms. The predicted octanol–water partition coefficient (Wildman–Crippen LogP) is 2.84. The molecule has 2 aromatic rings. The van der Waals surface area contributed by atoms with Gasteiger partial charge in [0.1, 0.15) is 5.75 Å². The molecule has 29 heavy (non-hydrogen) atoms. The summed E-state index contributed by atoms with van der Waals surface area (Å²) in [5.41, 5.74) is 1.46. The van der Waals surface area contributed by atoms with Crippen molar-refractivity contribution in [3.8, 4) is 17.2 Å². The third kappa shape index (κ3) is 7.28. The minimum Gasteiger partial charge on any atom is -0.493 e. The molecule has 0 aliphatic rings. The van der Waals surface area contributed by atoms with Gasteiger partial charge in [-0.1, -0.05) is 24.3 Å². The van der Waals surface area contributed by atoms with Crippen molar-refractivity contribution in [2.24, 2.45) is 0 Å². The fourth-order valence-corrected chi connectivity index (χ4v) is 2.31. The number of rotatable bonds is 10. The van der Waals surface area contributed by atoms with E-state index >= 15 is 0 Å². The number of ether oxygens (including phenoxy) is 4. The summed E-state index contributed by atoms with van der Waals surface area (Å²) in [6.07, 6.45) is 0. The molecular formula is C20H21F2NO6. The van der Waals surface area contributed by atoms with Gasteiger partial charge >= 0.3 is 12.6 Å². The molecule has 2 rings (SSSR count). The van der Waals surface area contributed by atoms with Crippen molar-refractivity contribution in [1.29, 1.82) is 0 Å². The van der Waals surface area contributed by atoms with Crippen LogP contribution >= 0.6 is 0 Å². The van der Waals surface area contributed by atoms with Gasteiger partial charge in [-0.2, -0.15) is 8.78 Å². The molecule has 0 unspecified atom stereocenters. The van der Waals surface area contributed by atoms with Gasteiger partial charge in [-0.3, -0.25) is 4.79 Å². The van der Waals surface area contributed by atoms with Gasteiger partial charge in [-0.15, -0.1) is 0 Å². The molecule has 0 radical (unpaired) electrons. The minimum absolute atomic E-state index is 0.0847. The average Bonchev–Trinajstić information content (AvgIpc) is 2.70. The molecule has 0 saturated heterocycles. The van der Waals surface area contributed by atoms with Crippen LogP contribution in [-0.2, 0) is 20.9 Å². The number of hydrogen-bond acceptors (Lipinski definition) is 6. The molecule has 0 aromatic heterocycles. The van der Waals surface area contributed by atoms with E-state index in [1.165, 1.54) is 25.3 Å². The SMILES string of the molecule is COc1cc(CNC(=O)COC(=O)COc2ccccc2C)ccc1OC(F)F. The fraction of sp³-hybridized carbons (Fsp3) is 0.300. The van der Waals surface area contributed by atoms with Gasteiger partial charge in [-0.25, -0.2) is 4.79 Å². The third-order valence-electron chi connectivity index (χ3n) is 3.74.